The molecule has 1 aromatic heterocycles. The van der Waals surface area contributed by atoms with Gasteiger partial charge in [0.1, 0.15) is 5.75 Å². The third-order valence-electron chi connectivity index (χ3n) is 3.25. The summed E-state index contributed by atoms with van der Waals surface area (Å²) in [6.45, 7) is 14.9. The van der Waals surface area contributed by atoms with Crippen molar-refractivity contribution in [3.63, 3.8) is 0 Å². The van der Waals surface area contributed by atoms with Crippen molar-refractivity contribution in [2.75, 3.05) is 13.2 Å². The molecule has 21 heavy (non-hydrogen) atoms. The van der Waals surface area contributed by atoms with Crippen LogP contribution in [-0.2, 0) is 5.41 Å². The summed E-state index contributed by atoms with van der Waals surface area (Å²) in [5.41, 5.74) is 1.42. The maximum atomic E-state index is 5.74. The normalized spacial score (nSPS) is 12.5. The number of rotatable bonds is 7. The van der Waals surface area contributed by atoms with Gasteiger partial charge in [-0.3, -0.25) is 4.98 Å². The minimum absolute atomic E-state index is 0.0958. The third kappa shape index (κ3) is 8.05. The van der Waals surface area contributed by atoms with Gasteiger partial charge in [-0.2, -0.15) is 0 Å². The highest BCUT2D eigenvalue weighted by Crippen LogP contribution is 2.21. The van der Waals surface area contributed by atoms with Gasteiger partial charge in [-0.1, -0.05) is 20.8 Å². The van der Waals surface area contributed by atoms with Gasteiger partial charge in [0.15, 0.2) is 0 Å². The van der Waals surface area contributed by atoms with Crippen LogP contribution in [0.5, 0.6) is 5.75 Å². The van der Waals surface area contributed by atoms with Crippen molar-refractivity contribution in [3.05, 3.63) is 24.0 Å². The second kappa shape index (κ2) is 7.79. The predicted molar refractivity (Wildman–Crippen MR) is 90.0 cm³/mol. The summed E-state index contributed by atoms with van der Waals surface area (Å²) in [5, 5.41) is 3.50. The molecule has 0 saturated carbocycles. The van der Waals surface area contributed by atoms with E-state index in [0.717, 1.165) is 31.0 Å². The molecule has 120 valence electrons. The molecule has 1 heterocycles. The van der Waals surface area contributed by atoms with Gasteiger partial charge in [0.25, 0.3) is 0 Å². The van der Waals surface area contributed by atoms with Gasteiger partial charge in [-0.05, 0) is 58.7 Å². The van der Waals surface area contributed by atoms with Crippen molar-refractivity contribution in [3.8, 4) is 5.75 Å². The van der Waals surface area contributed by atoms with Crippen molar-refractivity contribution < 1.29 is 4.74 Å². The number of unbranched alkanes of at least 4 members (excludes halogenated alkanes) is 2. The van der Waals surface area contributed by atoms with E-state index in [1.807, 2.05) is 12.3 Å². The second-order valence-corrected chi connectivity index (χ2v) is 7.72. The lowest BCUT2D eigenvalue weighted by Crippen LogP contribution is -2.36. The highest BCUT2D eigenvalue weighted by Gasteiger charge is 2.14. The van der Waals surface area contributed by atoms with E-state index >= 15 is 0 Å². The predicted octanol–water partition coefficient (Wildman–Crippen LogP) is 4.32. The molecule has 0 spiro atoms. The fraction of sp³-hybridized carbons (Fsp3) is 0.722. The van der Waals surface area contributed by atoms with Gasteiger partial charge >= 0.3 is 0 Å². The van der Waals surface area contributed by atoms with Crippen molar-refractivity contribution in [2.24, 2.45) is 0 Å². The molecule has 0 aliphatic rings. The first-order valence-corrected chi connectivity index (χ1v) is 8.03. The van der Waals surface area contributed by atoms with E-state index in [1.165, 1.54) is 12.8 Å². The molecule has 0 fully saturated rings. The Morgan fingerprint density at radius 2 is 1.71 bits per heavy atom. The largest absolute Gasteiger partial charge is 0.492 e. The smallest absolute Gasteiger partial charge is 0.137 e. The van der Waals surface area contributed by atoms with E-state index < -0.39 is 0 Å². The Bertz CT molecular complexity index is 399. The molecule has 1 aromatic rings. The number of pyridine rings is 1. The SMILES string of the molecule is CC(C)(C)NCCCCCOc1ccc(C(C)(C)C)nc1. The minimum atomic E-state index is 0.0958. The van der Waals surface area contributed by atoms with Crippen LogP contribution >= 0.6 is 0 Å². The van der Waals surface area contributed by atoms with Gasteiger partial charge in [0.05, 0.1) is 12.8 Å². The number of nitrogens with one attached hydrogen (secondary N) is 1. The van der Waals surface area contributed by atoms with Crippen LogP contribution in [0.25, 0.3) is 0 Å². The molecule has 0 unspecified atom stereocenters. The number of hydrogen-bond donors (Lipinski definition) is 1. The molecule has 0 amide bonds. The molecule has 0 atom stereocenters. The van der Waals surface area contributed by atoms with Gasteiger partial charge < -0.3 is 10.1 Å². The number of hydrogen-bond acceptors (Lipinski definition) is 3. The molecule has 0 aliphatic carbocycles. The lowest BCUT2D eigenvalue weighted by atomic mass is 9.92. The topological polar surface area (TPSA) is 34.1 Å². The zero-order valence-corrected chi connectivity index (χ0v) is 14.6. The number of aromatic nitrogens is 1. The van der Waals surface area contributed by atoms with Crippen LogP contribution in [0.2, 0.25) is 0 Å². The van der Waals surface area contributed by atoms with E-state index in [2.05, 4.69) is 57.9 Å². The zero-order valence-electron chi connectivity index (χ0n) is 14.6. The monoisotopic (exact) mass is 292 g/mol. The van der Waals surface area contributed by atoms with Crippen molar-refractivity contribution >= 4 is 0 Å². The summed E-state index contributed by atoms with van der Waals surface area (Å²) < 4.78 is 5.74. The lowest BCUT2D eigenvalue weighted by molar-refractivity contribution is 0.301. The van der Waals surface area contributed by atoms with E-state index in [0.29, 0.717) is 0 Å². The molecule has 1 rings (SSSR count). The number of ether oxygens (including phenoxy) is 1. The molecule has 3 nitrogen and oxygen atoms in total. The van der Waals surface area contributed by atoms with Gasteiger partial charge in [-0.15, -0.1) is 0 Å². The molecular weight excluding hydrogens is 260 g/mol. The highest BCUT2D eigenvalue weighted by molar-refractivity contribution is 5.23. The van der Waals surface area contributed by atoms with Crippen LogP contribution in [-0.4, -0.2) is 23.7 Å². The van der Waals surface area contributed by atoms with Crippen molar-refractivity contribution in [1.82, 2.24) is 10.3 Å². The van der Waals surface area contributed by atoms with Gasteiger partial charge in [0, 0.05) is 16.6 Å². The average Bonchev–Trinajstić information content (AvgIpc) is 2.36. The van der Waals surface area contributed by atoms with Gasteiger partial charge in [-0.25, -0.2) is 0 Å². The van der Waals surface area contributed by atoms with Crippen LogP contribution in [0.1, 0.15) is 66.5 Å². The van der Waals surface area contributed by atoms with Crippen LogP contribution in [0.15, 0.2) is 18.3 Å². The third-order valence-corrected chi connectivity index (χ3v) is 3.25. The van der Waals surface area contributed by atoms with Crippen LogP contribution in [0.4, 0.5) is 0 Å². The van der Waals surface area contributed by atoms with Crippen LogP contribution in [0.3, 0.4) is 0 Å². The standard InChI is InChI=1S/C18H32N2O/c1-17(2,3)16-11-10-15(14-19-16)21-13-9-7-8-12-20-18(4,5)6/h10-11,14,20H,7-9,12-13H2,1-6H3. The summed E-state index contributed by atoms with van der Waals surface area (Å²) in [4.78, 5) is 4.47. The summed E-state index contributed by atoms with van der Waals surface area (Å²) in [6, 6.07) is 4.08. The fourth-order valence-corrected chi connectivity index (χ4v) is 1.97. The Kier molecular flexibility index (Phi) is 6.66. The van der Waals surface area contributed by atoms with E-state index in [4.69, 9.17) is 4.74 Å². The van der Waals surface area contributed by atoms with E-state index in [1.54, 1.807) is 0 Å². The van der Waals surface area contributed by atoms with Crippen molar-refractivity contribution in [1.29, 1.82) is 0 Å². The average molecular weight is 292 g/mol. The maximum Gasteiger partial charge on any atom is 0.137 e. The van der Waals surface area contributed by atoms with Crippen LogP contribution < -0.4 is 10.1 Å². The second-order valence-electron chi connectivity index (χ2n) is 7.72. The molecule has 0 radical (unpaired) electrons. The summed E-state index contributed by atoms with van der Waals surface area (Å²) in [6.07, 6.45) is 5.31. The first-order chi connectivity index (χ1) is 9.68. The molecule has 3 heteroatoms. The molecular formula is C18H32N2O. The zero-order chi connectivity index (χ0) is 15.9. The number of nitrogens with zero attached hydrogens (tertiary/aromatic N) is 1. The first kappa shape index (κ1) is 18.0. The van der Waals surface area contributed by atoms with Gasteiger partial charge in [0.2, 0.25) is 0 Å². The maximum absolute atomic E-state index is 5.74. The summed E-state index contributed by atoms with van der Waals surface area (Å²) in [7, 11) is 0. The Morgan fingerprint density at radius 1 is 1.00 bits per heavy atom. The lowest BCUT2D eigenvalue weighted by Gasteiger charge is -2.20. The molecule has 0 saturated heterocycles. The fourth-order valence-electron chi connectivity index (χ4n) is 1.97. The van der Waals surface area contributed by atoms with E-state index in [9.17, 15) is 0 Å². The van der Waals surface area contributed by atoms with Crippen molar-refractivity contribution in [2.45, 2.75) is 71.8 Å². The molecule has 1 N–H and O–H groups in total. The Balaban J connectivity index is 2.16. The molecule has 0 aliphatic heterocycles. The van der Waals surface area contributed by atoms with E-state index in [-0.39, 0.29) is 11.0 Å². The Morgan fingerprint density at radius 3 is 2.24 bits per heavy atom. The highest BCUT2D eigenvalue weighted by atomic mass is 16.5. The van der Waals surface area contributed by atoms with Crippen LogP contribution in [0, 0.1) is 0 Å². The summed E-state index contributed by atoms with van der Waals surface area (Å²) in [5.74, 6) is 0.871. The first-order valence-electron chi connectivity index (χ1n) is 8.03. The summed E-state index contributed by atoms with van der Waals surface area (Å²) >= 11 is 0. The Hall–Kier alpha value is -1.09. The quantitative estimate of drug-likeness (QED) is 0.760. The molecule has 0 bridgehead atoms. The Labute approximate surface area is 130 Å². The minimum Gasteiger partial charge on any atom is -0.492 e. The molecule has 0 aromatic carbocycles.